The molecule has 2 aliphatic carbocycles. The molecule has 8 nitrogen and oxygen atoms in total. The third-order valence-electron chi connectivity index (χ3n) is 11.6. The summed E-state index contributed by atoms with van der Waals surface area (Å²) in [6, 6.07) is 25.4. The van der Waals surface area contributed by atoms with E-state index in [9.17, 15) is 4.79 Å². The molecule has 53 heavy (non-hydrogen) atoms. The van der Waals surface area contributed by atoms with Gasteiger partial charge in [0.05, 0.1) is 13.1 Å². The molecule has 0 aliphatic heterocycles. The average molecular weight is 702 g/mol. The Morgan fingerprint density at radius 3 is 1.53 bits per heavy atom. The van der Waals surface area contributed by atoms with Crippen molar-refractivity contribution >= 4 is 50.3 Å². The maximum absolute atomic E-state index is 11.6. The van der Waals surface area contributed by atoms with Gasteiger partial charge in [-0.1, -0.05) is 36.4 Å². The lowest BCUT2D eigenvalue weighted by molar-refractivity contribution is -0.120. The monoisotopic (exact) mass is 701 g/mol. The first-order chi connectivity index (χ1) is 25.7. The number of fused-ring (bicyclic) bond motifs is 2. The number of rotatable bonds is 5. The molecule has 0 bridgehead atoms. The highest BCUT2D eigenvalue weighted by Crippen LogP contribution is 2.42. The van der Waals surface area contributed by atoms with Crippen molar-refractivity contribution < 1.29 is 4.79 Å². The summed E-state index contributed by atoms with van der Waals surface area (Å²) in [6.45, 7) is 18.9. The Bertz CT molecular complexity index is 2400. The highest BCUT2D eigenvalue weighted by Gasteiger charge is 2.25. The van der Waals surface area contributed by atoms with E-state index in [-0.39, 0.29) is 0 Å². The van der Waals surface area contributed by atoms with Gasteiger partial charge in [0.25, 0.3) is 0 Å². The Hall–Kier alpha value is -5.83. The number of carbonyl (C=O) groups excluding carboxylic acids is 1. The molecule has 2 saturated carbocycles. The molecular weight excluding hydrogens is 655 g/mol. The van der Waals surface area contributed by atoms with Crippen molar-refractivity contribution in [1.29, 1.82) is 0 Å². The van der Waals surface area contributed by atoms with E-state index < -0.39 is 0 Å². The van der Waals surface area contributed by atoms with Gasteiger partial charge in [0.1, 0.15) is 5.78 Å². The van der Waals surface area contributed by atoms with E-state index in [0.717, 1.165) is 68.3 Å². The summed E-state index contributed by atoms with van der Waals surface area (Å²) in [5.41, 5.74) is 24.2. The number of anilines is 2. The van der Waals surface area contributed by atoms with Crippen LogP contribution in [-0.2, 0) is 4.79 Å². The van der Waals surface area contributed by atoms with Crippen LogP contribution in [0.5, 0.6) is 0 Å². The summed E-state index contributed by atoms with van der Waals surface area (Å²) < 4.78 is 4.74. The predicted molar refractivity (Wildman–Crippen MR) is 218 cm³/mol. The highest BCUT2D eigenvalue weighted by molar-refractivity contribution is 6.00. The zero-order chi connectivity index (χ0) is 37.2. The number of hydrogen-bond donors (Lipinski definition) is 3. The van der Waals surface area contributed by atoms with E-state index >= 15 is 0 Å². The van der Waals surface area contributed by atoms with Gasteiger partial charge in [-0.05, 0) is 129 Å². The molecule has 5 N–H and O–H groups in total. The lowest BCUT2D eigenvalue weighted by atomic mass is 9.91. The fourth-order valence-corrected chi connectivity index (χ4v) is 8.39. The molecule has 0 amide bonds. The topological polar surface area (TPSA) is 99.7 Å². The Labute approximate surface area is 312 Å². The predicted octanol–water partition coefficient (Wildman–Crippen LogP) is 10.9. The number of ketones is 1. The zero-order valence-electron chi connectivity index (χ0n) is 30.8. The van der Waals surface area contributed by atoms with E-state index in [1.165, 1.54) is 36.8 Å². The smallest absolute Gasteiger partial charge is 0.188 e. The number of nitrogen functional groups attached to an aromatic ring is 2. The fraction of sp³-hybridized carbons (Fsp3) is 0.311. The Morgan fingerprint density at radius 2 is 1.09 bits per heavy atom. The standard InChI is InChI=1S/C23H26N4.C22H21N3O/c1-15-19(5-4-6-22(15)24)21-14-27(18-10-7-16(25-2)8-11-18)23-12-9-17(26-3)13-20(21)23;1-14-18(4-3-5-21(14)23)20-13-25(16-7-9-17(26)10-8-16)22-11-6-15(24-2)12-19(20)22/h4-6,9,12-14,16,18,25H,7-8,10-11,24H2,1-2H3;3-6,11-13,16H,7-10,23H2,1H3. The largest absolute Gasteiger partial charge is 0.398 e. The number of nitrogens with zero attached hydrogens (tertiary/aromatic N) is 4. The third-order valence-corrected chi connectivity index (χ3v) is 11.6. The van der Waals surface area contributed by atoms with Crippen molar-refractivity contribution in [3.63, 3.8) is 0 Å². The van der Waals surface area contributed by atoms with Crippen molar-refractivity contribution in [1.82, 2.24) is 14.5 Å². The molecule has 0 saturated heterocycles. The van der Waals surface area contributed by atoms with Crippen LogP contribution in [0.15, 0.2) is 85.2 Å². The van der Waals surface area contributed by atoms with Crippen LogP contribution in [0.3, 0.4) is 0 Å². The maximum atomic E-state index is 11.6. The number of aromatic nitrogens is 2. The van der Waals surface area contributed by atoms with Crippen LogP contribution in [0.4, 0.5) is 22.7 Å². The van der Waals surface area contributed by atoms with Crippen LogP contribution in [0.25, 0.3) is 53.7 Å². The molecule has 268 valence electrons. The van der Waals surface area contributed by atoms with Gasteiger partial charge in [0, 0.05) is 76.9 Å². The van der Waals surface area contributed by atoms with Crippen molar-refractivity contribution in [2.24, 2.45) is 0 Å². The molecule has 2 fully saturated rings. The molecule has 0 spiro atoms. The van der Waals surface area contributed by atoms with E-state index in [0.29, 0.717) is 48.1 Å². The molecule has 2 aromatic heterocycles. The van der Waals surface area contributed by atoms with Gasteiger partial charge in [0.2, 0.25) is 0 Å². The number of Topliss-reactive ketones (excluding diaryl/α,β-unsaturated/α-hetero) is 1. The SMILES string of the molecule is [C-]#[N+]c1ccc2c(c1)c(-c1cccc(N)c1C)cn2C1CCC(=O)CC1.[C-]#[N+]c1ccc2c(c1)c(-c1cccc(N)c1C)cn2C1CCC(NC)CC1. The number of benzene rings is 4. The van der Waals surface area contributed by atoms with Gasteiger partial charge >= 0.3 is 0 Å². The number of hydrogen-bond acceptors (Lipinski definition) is 4. The fourth-order valence-electron chi connectivity index (χ4n) is 8.39. The maximum Gasteiger partial charge on any atom is 0.188 e. The first kappa shape index (κ1) is 35.6. The van der Waals surface area contributed by atoms with Crippen LogP contribution in [0.1, 0.15) is 74.6 Å². The minimum Gasteiger partial charge on any atom is -0.398 e. The second kappa shape index (κ2) is 15.0. The Balaban J connectivity index is 0.000000164. The third kappa shape index (κ3) is 6.91. The van der Waals surface area contributed by atoms with Gasteiger partial charge in [-0.25, -0.2) is 9.69 Å². The number of nitrogens with two attached hydrogens (primary N) is 2. The van der Waals surface area contributed by atoms with Gasteiger partial charge in [-0.15, -0.1) is 0 Å². The summed E-state index contributed by atoms with van der Waals surface area (Å²) in [7, 11) is 2.06. The summed E-state index contributed by atoms with van der Waals surface area (Å²) in [5.74, 6) is 0.361. The van der Waals surface area contributed by atoms with Crippen molar-refractivity contribution in [3.05, 3.63) is 119 Å². The quantitative estimate of drug-likeness (QED) is 0.123. The first-order valence-electron chi connectivity index (χ1n) is 18.6. The zero-order valence-corrected chi connectivity index (χ0v) is 30.8. The highest BCUT2D eigenvalue weighted by atomic mass is 16.1. The Morgan fingerprint density at radius 1 is 0.642 bits per heavy atom. The lowest BCUT2D eigenvalue weighted by Crippen LogP contribution is -2.30. The summed E-state index contributed by atoms with van der Waals surface area (Å²) in [5, 5.41) is 5.64. The summed E-state index contributed by atoms with van der Waals surface area (Å²) in [6.07, 6.45) is 12.3. The van der Waals surface area contributed by atoms with Gasteiger partial charge in [-0.2, -0.15) is 0 Å². The van der Waals surface area contributed by atoms with Crippen LogP contribution >= 0.6 is 0 Å². The molecule has 8 heteroatoms. The molecule has 0 atom stereocenters. The van der Waals surface area contributed by atoms with Crippen LogP contribution < -0.4 is 16.8 Å². The molecule has 6 aromatic rings. The number of carbonyl (C=O) groups is 1. The minimum absolute atomic E-state index is 0.323. The van der Waals surface area contributed by atoms with Gasteiger partial charge in [-0.3, -0.25) is 4.79 Å². The second-order valence-electron chi connectivity index (χ2n) is 14.6. The van der Waals surface area contributed by atoms with E-state index in [4.69, 9.17) is 24.6 Å². The lowest BCUT2D eigenvalue weighted by Gasteiger charge is -2.29. The molecule has 0 radical (unpaired) electrons. The molecule has 8 rings (SSSR count). The van der Waals surface area contributed by atoms with Gasteiger partial charge in [0.15, 0.2) is 11.4 Å². The molecule has 4 aromatic carbocycles. The van der Waals surface area contributed by atoms with Gasteiger partial charge < -0.3 is 25.9 Å². The molecule has 2 heterocycles. The average Bonchev–Trinajstić information content (AvgIpc) is 3.76. The van der Waals surface area contributed by atoms with E-state index in [1.807, 2.05) is 61.5 Å². The van der Waals surface area contributed by atoms with Crippen molar-refractivity contribution in [2.75, 3.05) is 18.5 Å². The number of nitrogens with one attached hydrogen (secondary N) is 1. The molecule has 2 aliphatic rings. The van der Waals surface area contributed by atoms with Crippen LogP contribution in [0, 0.1) is 27.0 Å². The van der Waals surface area contributed by atoms with E-state index in [2.05, 4.69) is 68.7 Å². The van der Waals surface area contributed by atoms with Crippen molar-refractivity contribution in [3.8, 4) is 22.3 Å². The van der Waals surface area contributed by atoms with Crippen LogP contribution in [-0.4, -0.2) is 28.0 Å². The minimum atomic E-state index is 0.323. The molecule has 0 unspecified atom stereocenters. The summed E-state index contributed by atoms with van der Waals surface area (Å²) >= 11 is 0. The first-order valence-corrected chi connectivity index (χ1v) is 18.6. The van der Waals surface area contributed by atoms with E-state index in [1.54, 1.807) is 0 Å². The Kier molecular flexibility index (Phi) is 10.1. The molecular formula is C45H47N7O. The normalized spacial score (nSPS) is 17.6. The summed E-state index contributed by atoms with van der Waals surface area (Å²) in [4.78, 5) is 18.9. The van der Waals surface area contributed by atoms with Crippen LogP contribution in [0.2, 0.25) is 0 Å². The van der Waals surface area contributed by atoms with Crippen molar-refractivity contribution in [2.45, 2.75) is 83.3 Å². The second-order valence-corrected chi connectivity index (χ2v) is 14.6.